The Kier molecular flexibility index (Phi) is 6.67. The van der Waals surface area contributed by atoms with E-state index in [2.05, 4.69) is 192 Å². The van der Waals surface area contributed by atoms with Crippen LogP contribution in [0.4, 0.5) is 22.7 Å². The minimum atomic E-state index is -0.399. The van der Waals surface area contributed by atoms with Gasteiger partial charge in [-0.15, -0.1) is 0 Å². The highest BCUT2D eigenvalue weighted by molar-refractivity contribution is 7.99. The summed E-state index contributed by atoms with van der Waals surface area (Å²) in [5.74, 6) is 0.239. The molecule has 55 heavy (non-hydrogen) atoms. The van der Waals surface area contributed by atoms with Crippen LogP contribution in [0.25, 0.3) is 5.57 Å². The maximum Gasteiger partial charge on any atom is 0.0947 e. The molecule has 1 N–H and O–H groups in total. The first-order valence-corrected chi connectivity index (χ1v) is 20.0. The normalized spacial score (nSPS) is 19.2. The van der Waals surface area contributed by atoms with Crippen LogP contribution in [0.5, 0.6) is 0 Å². The minimum absolute atomic E-state index is 0.0762. The standard InChI is InChI=1S/C51H35N3S/c1-2-15-32(16-3-1)49-50(53-44-25-10-9-24-43(44)52-49)33-17-14-18-34(29-33)54-45-26-11-5-20-36(45)38-30-37-35-19-4-6-21-39(35)51(42(37)31-46(38)54)40-22-7-12-27-47(40)55-48-28-13-8-23-41(48)51/h1-29,31,38,49,52H,30H2. The number of para-hydroxylation sites is 3. The summed E-state index contributed by atoms with van der Waals surface area (Å²) in [6.45, 7) is 0. The topological polar surface area (TPSA) is 27.6 Å². The Balaban J connectivity index is 1.06. The second-order valence-corrected chi connectivity index (χ2v) is 16.1. The maximum absolute atomic E-state index is 5.34. The third kappa shape index (κ3) is 4.37. The number of benzene rings is 7. The highest BCUT2D eigenvalue weighted by Gasteiger charge is 2.53. The van der Waals surface area contributed by atoms with Crippen molar-refractivity contribution in [3.63, 3.8) is 0 Å². The number of hydrogen-bond donors (Lipinski definition) is 1. The molecule has 3 heterocycles. The third-order valence-corrected chi connectivity index (χ3v) is 13.5. The van der Waals surface area contributed by atoms with E-state index in [4.69, 9.17) is 4.99 Å². The Morgan fingerprint density at radius 1 is 0.636 bits per heavy atom. The largest absolute Gasteiger partial charge is 0.371 e. The van der Waals surface area contributed by atoms with Gasteiger partial charge in [0, 0.05) is 38.3 Å². The number of rotatable bonds is 3. The molecule has 2 aliphatic carbocycles. The van der Waals surface area contributed by atoms with E-state index in [1.165, 1.54) is 65.7 Å². The molecule has 2 unspecified atom stereocenters. The number of nitrogens with zero attached hydrogens (tertiary/aromatic N) is 2. The van der Waals surface area contributed by atoms with Gasteiger partial charge in [0.25, 0.3) is 0 Å². The average molecular weight is 722 g/mol. The van der Waals surface area contributed by atoms with E-state index >= 15 is 0 Å². The fourth-order valence-electron chi connectivity index (χ4n) is 10.1. The van der Waals surface area contributed by atoms with Gasteiger partial charge in [0.1, 0.15) is 0 Å². The van der Waals surface area contributed by atoms with Gasteiger partial charge in [0.2, 0.25) is 0 Å². The van der Waals surface area contributed by atoms with Crippen LogP contribution in [-0.4, -0.2) is 5.71 Å². The Labute approximate surface area is 325 Å². The van der Waals surface area contributed by atoms with Crippen molar-refractivity contribution in [3.8, 4) is 0 Å². The van der Waals surface area contributed by atoms with Gasteiger partial charge in [-0.3, -0.25) is 0 Å². The van der Waals surface area contributed by atoms with Crippen molar-refractivity contribution in [2.45, 2.75) is 33.6 Å². The van der Waals surface area contributed by atoms with Crippen molar-refractivity contribution in [2.24, 2.45) is 4.99 Å². The molecule has 260 valence electrons. The van der Waals surface area contributed by atoms with Gasteiger partial charge in [0.15, 0.2) is 0 Å². The van der Waals surface area contributed by atoms with Crippen molar-refractivity contribution in [2.75, 3.05) is 10.2 Å². The van der Waals surface area contributed by atoms with E-state index in [1.807, 2.05) is 11.8 Å². The first kappa shape index (κ1) is 31.0. The Morgan fingerprint density at radius 2 is 1.33 bits per heavy atom. The van der Waals surface area contributed by atoms with Gasteiger partial charge >= 0.3 is 0 Å². The van der Waals surface area contributed by atoms with Crippen LogP contribution in [0.3, 0.4) is 0 Å². The van der Waals surface area contributed by atoms with Gasteiger partial charge in [-0.25, -0.2) is 4.99 Å². The fraction of sp³-hybridized carbons (Fsp3) is 0.0784. The van der Waals surface area contributed by atoms with E-state index in [0.717, 1.165) is 34.8 Å². The summed E-state index contributed by atoms with van der Waals surface area (Å²) in [5.41, 5.74) is 18.5. The van der Waals surface area contributed by atoms with Crippen molar-refractivity contribution in [1.29, 1.82) is 0 Å². The van der Waals surface area contributed by atoms with Crippen LogP contribution < -0.4 is 10.2 Å². The molecule has 0 saturated carbocycles. The summed E-state index contributed by atoms with van der Waals surface area (Å²) in [7, 11) is 0. The summed E-state index contributed by atoms with van der Waals surface area (Å²) in [6, 6.07) is 64.5. The lowest BCUT2D eigenvalue weighted by Crippen LogP contribution is -2.33. The fourth-order valence-corrected chi connectivity index (χ4v) is 11.3. The van der Waals surface area contributed by atoms with Crippen molar-refractivity contribution >= 4 is 45.8 Å². The van der Waals surface area contributed by atoms with E-state index in [-0.39, 0.29) is 12.0 Å². The summed E-state index contributed by atoms with van der Waals surface area (Å²) >= 11 is 1.90. The SMILES string of the molecule is C1=C2C(CC3=C1C1(c4ccccc4Sc4ccccc41)c1ccccc13)c1ccccc1N2c1cccc(C2=Nc3ccccc3NC2c2ccccc2)c1. The smallest absolute Gasteiger partial charge is 0.0947 e. The van der Waals surface area contributed by atoms with E-state index in [0.29, 0.717) is 0 Å². The van der Waals surface area contributed by atoms with Crippen LogP contribution >= 0.6 is 11.8 Å². The molecule has 0 aromatic heterocycles. The molecule has 12 rings (SSSR count). The lowest BCUT2D eigenvalue weighted by molar-refractivity contribution is 0.704. The molecule has 0 fully saturated rings. The molecule has 7 aromatic rings. The first-order chi connectivity index (χ1) is 27.3. The molecule has 3 aliphatic heterocycles. The van der Waals surface area contributed by atoms with E-state index < -0.39 is 5.41 Å². The highest BCUT2D eigenvalue weighted by Crippen LogP contribution is 2.65. The van der Waals surface area contributed by atoms with E-state index in [1.54, 1.807) is 0 Å². The number of anilines is 3. The summed E-state index contributed by atoms with van der Waals surface area (Å²) in [6.07, 6.45) is 3.54. The molecule has 2 atom stereocenters. The summed E-state index contributed by atoms with van der Waals surface area (Å²) < 4.78 is 0. The van der Waals surface area contributed by atoms with Gasteiger partial charge < -0.3 is 10.2 Å². The molecule has 1 spiro atoms. The summed E-state index contributed by atoms with van der Waals surface area (Å²) in [4.78, 5) is 10.6. The monoisotopic (exact) mass is 721 g/mol. The molecule has 4 heteroatoms. The second kappa shape index (κ2) is 11.8. The molecule has 0 amide bonds. The zero-order chi connectivity index (χ0) is 36.1. The van der Waals surface area contributed by atoms with Crippen LogP contribution in [0, 0.1) is 0 Å². The number of hydrogen-bond acceptors (Lipinski definition) is 4. The number of allylic oxidation sites excluding steroid dienone is 4. The van der Waals surface area contributed by atoms with Gasteiger partial charge in [0.05, 0.1) is 28.5 Å². The van der Waals surface area contributed by atoms with Gasteiger partial charge in [-0.05, 0) is 99.5 Å². The zero-order valence-electron chi connectivity index (χ0n) is 30.0. The quantitative estimate of drug-likeness (QED) is 0.197. The Bertz CT molecular complexity index is 2780. The van der Waals surface area contributed by atoms with Crippen LogP contribution in [0.2, 0.25) is 0 Å². The van der Waals surface area contributed by atoms with Crippen LogP contribution in [0.15, 0.2) is 208 Å². The van der Waals surface area contributed by atoms with Gasteiger partial charge in [-0.2, -0.15) is 0 Å². The van der Waals surface area contributed by atoms with Crippen LogP contribution in [-0.2, 0) is 5.41 Å². The molecular weight excluding hydrogens is 687 g/mol. The van der Waals surface area contributed by atoms with Crippen LogP contribution in [0.1, 0.15) is 57.3 Å². The molecule has 5 aliphatic rings. The minimum Gasteiger partial charge on any atom is -0.371 e. The predicted octanol–water partition coefficient (Wildman–Crippen LogP) is 12.8. The lowest BCUT2D eigenvalue weighted by atomic mass is 9.65. The molecule has 3 nitrogen and oxygen atoms in total. The maximum atomic E-state index is 5.34. The lowest BCUT2D eigenvalue weighted by Gasteiger charge is -2.41. The Morgan fingerprint density at radius 3 is 2.16 bits per heavy atom. The number of fused-ring (bicyclic) bond motifs is 12. The molecule has 0 bridgehead atoms. The molecule has 0 saturated heterocycles. The highest BCUT2D eigenvalue weighted by atomic mass is 32.2. The summed E-state index contributed by atoms with van der Waals surface area (Å²) in [5, 5.41) is 3.83. The van der Waals surface area contributed by atoms with Crippen molar-refractivity contribution in [3.05, 3.63) is 232 Å². The molecule has 0 radical (unpaired) electrons. The third-order valence-electron chi connectivity index (χ3n) is 12.3. The van der Waals surface area contributed by atoms with E-state index in [9.17, 15) is 0 Å². The average Bonchev–Trinajstić information content (AvgIpc) is 3.73. The van der Waals surface area contributed by atoms with Crippen molar-refractivity contribution in [1.82, 2.24) is 0 Å². The Hall–Kier alpha value is -6.36. The molecule has 7 aromatic carbocycles. The first-order valence-electron chi connectivity index (χ1n) is 19.2. The van der Waals surface area contributed by atoms with Gasteiger partial charge in [-0.1, -0.05) is 145 Å². The number of nitrogens with one attached hydrogen (secondary N) is 1. The second-order valence-electron chi connectivity index (χ2n) is 15.1. The number of aliphatic imine (C=N–C) groups is 1. The zero-order valence-corrected chi connectivity index (χ0v) is 30.8. The van der Waals surface area contributed by atoms with Crippen molar-refractivity contribution < 1.29 is 0 Å². The predicted molar refractivity (Wildman–Crippen MR) is 226 cm³/mol. The molecular formula is C51H35N3S.